The number of carbonyl (C=O) groups is 1. The molecular weight excluding hydrogens is 230 g/mol. The van der Waals surface area contributed by atoms with Crippen molar-refractivity contribution < 1.29 is 14.3 Å². The topological polar surface area (TPSA) is 62.5 Å². The van der Waals surface area contributed by atoms with E-state index in [4.69, 9.17) is 4.42 Å². The average Bonchev–Trinajstić information content (AvgIpc) is 2.89. The summed E-state index contributed by atoms with van der Waals surface area (Å²) in [6.45, 7) is 7.06. The van der Waals surface area contributed by atoms with Gasteiger partial charge in [-0.3, -0.25) is 4.79 Å². The van der Waals surface area contributed by atoms with Crippen molar-refractivity contribution in [3.05, 3.63) is 49.5 Å². The van der Waals surface area contributed by atoms with E-state index in [0.717, 1.165) is 0 Å². The molecule has 0 aliphatic heterocycles. The molecule has 0 aliphatic rings. The number of allylic oxidation sites excluding steroid dienone is 2. The summed E-state index contributed by atoms with van der Waals surface area (Å²) in [5.41, 5.74) is 0. The zero-order valence-corrected chi connectivity index (χ0v) is 10.3. The van der Waals surface area contributed by atoms with Crippen LogP contribution in [0.15, 0.2) is 48.1 Å². The van der Waals surface area contributed by atoms with Gasteiger partial charge in [-0.25, -0.2) is 0 Å². The van der Waals surface area contributed by atoms with Gasteiger partial charge in [0.05, 0.1) is 12.9 Å². The second kappa shape index (κ2) is 7.50. The molecule has 4 heteroatoms. The largest absolute Gasteiger partial charge is 0.467 e. The highest BCUT2D eigenvalue weighted by Crippen LogP contribution is 2.16. The Bertz CT molecular complexity index is 374. The minimum atomic E-state index is -0.510. The molecule has 0 saturated heterocycles. The summed E-state index contributed by atoms with van der Waals surface area (Å²) in [6.07, 6.45) is 6.07. The molecule has 0 bridgehead atoms. The number of carbonyl (C=O) groups excluding carboxylic acids is 1. The van der Waals surface area contributed by atoms with E-state index in [9.17, 15) is 9.90 Å². The van der Waals surface area contributed by atoms with Crippen LogP contribution >= 0.6 is 0 Å². The molecule has 1 aromatic heterocycles. The van der Waals surface area contributed by atoms with E-state index in [1.54, 1.807) is 24.3 Å². The summed E-state index contributed by atoms with van der Waals surface area (Å²) in [7, 11) is 0. The summed E-state index contributed by atoms with van der Waals surface area (Å²) in [5.74, 6) is 0.205. The molecule has 1 unspecified atom stereocenters. The molecule has 1 aromatic rings. The Morgan fingerprint density at radius 3 is 2.56 bits per heavy atom. The van der Waals surface area contributed by atoms with Crippen LogP contribution in [0.1, 0.15) is 24.6 Å². The first-order chi connectivity index (χ1) is 8.72. The number of hydrogen-bond acceptors (Lipinski definition) is 3. The lowest BCUT2D eigenvalue weighted by Crippen LogP contribution is -2.35. The van der Waals surface area contributed by atoms with E-state index in [1.165, 1.54) is 6.26 Å². The molecule has 0 aliphatic carbocycles. The van der Waals surface area contributed by atoms with Gasteiger partial charge in [-0.05, 0) is 25.0 Å². The Kier molecular flexibility index (Phi) is 5.94. The number of amides is 1. The van der Waals surface area contributed by atoms with Gasteiger partial charge in [-0.1, -0.05) is 12.2 Å². The standard InChI is InChI=1S/C14H19NO3/c1-3-6-11(7-4-2)14(17)15-12(10-16)13-8-5-9-18-13/h3-5,8-9,11-12,16H,1-2,6-7,10H2,(H,15,17). The van der Waals surface area contributed by atoms with Crippen LogP contribution in [0, 0.1) is 5.92 Å². The molecule has 0 fully saturated rings. The van der Waals surface area contributed by atoms with Crippen molar-refractivity contribution in [2.24, 2.45) is 5.92 Å². The van der Waals surface area contributed by atoms with Gasteiger partial charge in [-0.2, -0.15) is 0 Å². The predicted molar refractivity (Wildman–Crippen MR) is 69.8 cm³/mol. The maximum atomic E-state index is 12.0. The lowest BCUT2D eigenvalue weighted by Gasteiger charge is -2.18. The highest BCUT2D eigenvalue weighted by molar-refractivity contribution is 5.79. The average molecular weight is 249 g/mol. The quantitative estimate of drug-likeness (QED) is 0.694. The maximum Gasteiger partial charge on any atom is 0.224 e. The second-order valence-corrected chi connectivity index (χ2v) is 4.00. The Balaban J connectivity index is 2.65. The van der Waals surface area contributed by atoms with Crippen molar-refractivity contribution in [1.29, 1.82) is 0 Å². The maximum absolute atomic E-state index is 12.0. The number of furan rings is 1. The number of aliphatic hydroxyl groups excluding tert-OH is 1. The smallest absolute Gasteiger partial charge is 0.224 e. The highest BCUT2D eigenvalue weighted by atomic mass is 16.3. The molecule has 98 valence electrons. The van der Waals surface area contributed by atoms with E-state index >= 15 is 0 Å². The number of hydrogen-bond donors (Lipinski definition) is 2. The Labute approximate surface area is 107 Å². The molecule has 1 atom stereocenters. The zero-order valence-electron chi connectivity index (χ0n) is 10.3. The normalized spacial score (nSPS) is 12.1. The minimum Gasteiger partial charge on any atom is -0.467 e. The van der Waals surface area contributed by atoms with Crippen molar-refractivity contribution in [3.8, 4) is 0 Å². The molecule has 0 saturated carbocycles. The second-order valence-electron chi connectivity index (χ2n) is 4.00. The molecule has 0 spiro atoms. The van der Waals surface area contributed by atoms with Crippen molar-refractivity contribution in [2.45, 2.75) is 18.9 Å². The minimum absolute atomic E-state index is 0.134. The third-order valence-corrected chi connectivity index (χ3v) is 2.66. The van der Waals surface area contributed by atoms with Gasteiger partial charge in [0.1, 0.15) is 11.8 Å². The van der Waals surface area contributed by atoms with E-state index in [2.05, 4.69) is 18.5 Å². The lowest BCUT2D eigenvalue weighted by atomic mass is 10.00. The summed E-state index contributed by atoms with van der Waals surface area (Å²) in [4.78, 5) is 12.0. The summed E-state index contributed by atoms with van der Waals surface area (Å²) < 4.78 is 5.17. The first-order valence-corrected chi connectivity index (χ1v) is 5.89. The molecule has 18 heavy (non-hydrogen) atoms. The fraction of sp³-hybridized carbons (Fsp3) is 0.357. The monoisotopic (exact) mass is 249 g/mol. The lowest BCUT2D eigenvalue weighted by molar-refractivity contribution is -0.126. The summed E-state index contributed by atoms with van der Waals surface area (Å²) in [5, 5.41) is 12.0. The molecule has 1 heterocycles. The zero-order chi connectivity index (χ0) is 13.4. The Hall–Kier alpha value is -1.81. The number of aliphatic hydroxyl groups is 1. The molecule has 0 radical (unpaired) electrons. The molecule has 0 aromatic carbocycles. The van der Waals surface area contributed by atoms with Gasteiger partial charge < -0.3 is 14.8 Å². The number of nitrogens with one attached hydrogen (secondary N) is 1. The van der Waals surface area contributed by atoms with Crippen LogP contribution < -0.4 is 5.32 Å². The highest BCUT2D eigenvalue weighted by Gasteiger charge is 2.21. The van der Waals surface area contributed by atoms with Gasteiger partial charge in [0.2, 0.25) is 5.91 Å². The van der Waals surface area contributed by atoms with Crippen LogP contribution in [-0.2, 0) is 4.79 Å². The first kappa shape index (κ1) is 14.3. The SMILES string of the molecule is C=CCC(CC=C)C(=O)NC(CO)c1ccco1. The number of rotatable bonds is 8. The van der Waals surface area contributed by atoms with Crippen molar-refractivity contribution >= 4 is 5.91 Å². The van der Waals surface area contributed by atoms with Crippen molar-refractivity contribution in [1.82, 2.24) is 5.32 Å². The Morgan fingerprint density at radius 2 is 2.11 bits per heavy atom. The molecule has 2 N–H and O–H groups in total. The third-order valence-electron chi connectivity index (χ3n) is 2.66. The van der Waals surface area contributed by atoms with Crippen molar-refractivity contribution in [3.63, 3.8) is 0 Å². The Morgan fingerprint density at radius 1 is 1.44 bits per heavy atom. The molecule has 1 amide bonds. The summed E-state index contributed by atoms with van der Waals surface area (Å²) in [6, 6.07) is 2.93. The summed E-state index contributed by atoms with van der Waals surface area (Å²) >= 11 is 0. The van der Waals surface area contributed by atoms with E-state index < -0.39 is 6.04 Å². The first-order valence-electron chi connectivity index (χ1n) is 5.89. The van der Waals surface area contributed by atoms with Crippen LogP contribution in [0.2, 0.25) is 0 Å². The van der Waals surface area contributed by atoms with Crippen LogP contribution in [0.25, 0.3) is 0 Å². The van der Waals surface area contributed by atoms with Crippen LogP contribution in [0.3, 0.4) is 0 Å². The predicted octanol–water partition coefficient (Wildman–Crippen LogP) is 2.20. The van der Waals surface area contributed by atoms with Gasteiger partial charge >= 0.3 is 0 Å². The van der Waals surface area contributed by atoms with E-state index in [1.807, 2.05) is 0 Å². The third kappa shape index (κ3) is 3.89. The van der Waals surface area contributed by atoms with Crippen molar-refractivity contribution in [2.75, 3.05) is 6.61 Å². The van der Waals surface area contributed by atoms with E-state index in [0.29, 0.717) is 18.6 Å². The van der Waals surface area contributed by atoms with Gasteiger partial charge in [0, 0.05) is 5.92 Å². The van der Waals surface area contributed by atoms with Gasteiger partial charge in [-0.15, -0.1) is 13.2 Å². The van der Waals surface area contributed by atoms with Crippen LogP contribution in [0.4, 0.5) is 0 Å². The molecule has 4 nitrogen and oxygen atoms in total. The van der Waals surface area contributed by atoms with E-state index in [-0.39, 0.29) is 18.4 Å². The fourth-order valence-electron chi connectivity index (χ4n) is 1.70. The fourth-order valence-corrected chi connectivity index (χ4v) is 1.70. The van der Waals surface area contributed by atoms with Crippen LogP contribution in [-0.4, -0.2) is 17.6 Å². The van der Waals surface area contributed by atoms with Crippen LogP contribution in [0.5, 0.6) is 0 Å². The van der Waals surface area contributed by atoms with Gasteiger partial charge in [0.15, 0.2) is 0 Å². The molecular formula is C14H19NO3. The van der Waals surface area contributed by atoms with Gasteiger partial charge in [0.25, 0.3) is 0 Å². The molecule has 1 rings (SSSR count).